The summed E-state index contributed by atoms with van der Waals surface area (Å²) in [7, 11) is 1.48. The first-order chi connectivity index (χ1) is 7.15. The Bertz CT molecular complexity index is 312. The highest BCUT2D eigenvalue weighted by atomic mass is 35.5. The Morgan fingerprint density at radius 1 is 1.47 bits per heavy atom. The molecule has 1 unspecified atom stereocenters. The summed E-state index contributed by atoms with van der Waals surface area (Å²) in [6.07, 6.45) is 2.51. The van der Waals surface area contributed by atoms with Crippen LogP contribution in [0.4, 0.5) is 4.39 Å². The van der Waals surface area contributed by atoms with Crippen LogP contribution in [0.5, 0.6) is 5.75 Å². The maximum atomic E-state index is 13.6. The minimum Gasteiger partial charge on any atom is -0.494 e. The second-order valence-corrected chi connectivity index (χ2v) is 4.35. The molecule has 0 bridgehead atoms. The van der Waals surface area contributed by atoms with Crippen molar-refractivity contribution in [2.24, 2.45) is 0 Å². The van der Waals surface area contributed by atoms with Crippen LogP contribution in [0, 0.1) is 5.82 Å². The Balaban J connectivity index is 2.61. The van der Waals surface area contributed by atoms with E-state index in [-0.39, 0.29) is 11.2 Å². The van der Waals surface area contributed by atoms with Crippen molar-refractivity contribution < 1.29 is 9.13 Å². The molecule has 0 radical (unpaired) electrons. The Morgan fingerprint density at radius 3 is 2.80 bits per heavy atom. The van der Waals surface area contributed by atoms with E-state index in [1.807, 2.05) is 6.92 Å². The highest BCUT2D eigenvalue weighted by Gasteiger charge is 2.08. The smallest absolute Gasteiger partial charge is 0.168 e. The van der Waals surface area contributed by atoms with E-state index < -0.39 is 0 Å². The van der Waals surface area contributed by atoms with Gasteiger partial charge in [0.05, 0.1) is 7.11 Å². The van der Waals surface area contributed by atoms with Gasteiger partial charge in [0.1, 0.15) is 0 Å². The van der Waals surface area contributed by atoms with Gasteiger partial charge in [-0.05, 0) is 37.8 Å². The fourth-order valence-corrected chi connectivity index (χ4v) is 1.64. The molecule has 15 heavy (non-hydrogen) atoms. The quantitative estimate of drug-likeness (QED) is 0.700. The van der Waals surface area contributed by atoms with Crippen LogP contribution in [0.3, 0.4) is 0 Å². The lowest BCUT2D eigenvalue weighted by molar-refractivity contribution is 0.384. The summed E-state index contributed by atoms with van der Waals surface area (Å²) in [5, 5.41) is 0.152. The largest absolute Gasteiger partial charge is 0.494 e. The topological polar surface area (TPSA) is 9.23 Å². The van der Waals surface area contributed by atoms with E-state index in [1.54, 1.807) is 18.2 Å². The van der Waals surface area contributed by atoms with E-state index in [0.29, 0.717) is 17.7 Å². The van der Waals surface area contributed by atoms with Crippen LogP contribution in [-0.4, -0.2) is 12.5 Å². The van der Waals surface area contributed by atoms with Crippen molar-refractivity contribution >= 4 is 11.6 Å². The van der Waals surface area contributed by atoms with Crippen molar-refractivity contribution in [2.75, 3.05) is 7.11 Å². The number of aryl methyl sites for hydroxylation is 1. The van der Waals surface area contributed by atoms with E-state index in [4.69, 9.17) is 16.3 Å². The molecular formula is C12H16ClFO. The fourth-order valence-electron chi connectivity index (χ4n) is 1.48. The number of hydrogen-bond acceptors (Lipinski definition) is 1. The Labute approximate surface area is 95.2 Å². The summed E-state index contributed by atoms with van der Waals surface area (Å²) >= 11 is 5.82. The molecular weight excluding hydrogens is 215 g/mol. The minimum atomic E-state index is -0.248. The summed E-state index contributed by atoms with van der Waals surface area (Å²) < 4.78 is 18.6. The van der Waals surface area contributed by atoms with Gasteiger partial charge in [0.25, 0.3) is 0 Å². The number of alkyl halides is 1. The van der Waals surface area contributed by atoms with Crippen LogP contribution < -0.4 is 4.74 Å². The van der Waals surface area contributed by atoms with Gasteiger partial charge < -0.3 is 4.74 Å². The number of rotatable bonds is 5. The predicted octanol–water partition coefficient (Wildman–Crippen LogP) is 3.78. The Kier molecular flexibility index (Phi) is 4.89. The fraction of sp³-hybridized carbons (Fsp3) is 0.500. The van der Waals surface area contributed by atoms with E-state index in [9.17, 15) is 4.39 Å². The Hall–Kier alpha value is -0.760. The summed E-state index contributed by atoms with van der Waals surface area (Å²) in [6, 6.07) is 5.22. The molecule has 1 atom stereocenters. The Morgan fingerprint density at radius 2 is 2.20 bits per heavy atom. The van der Waals surface area contributed by atoms with E-state index in [1.165, 1.54) is 7.11 Å². The highest BCUT2D eigenvalue weighted by molar-refractivity contribution is 6.20. The van der Waals surface area contributed by atoms with Gasteiger partial charge in [-0.1, -0.05) is 12.1 Å². The highest BCUT2D eigenvalue weighted by Crippen LogP contribution is 2.21. The molecule has 0 saturated heterocycles. The number of halogens is 2. The maximum absolute atomic E-state index is 13.6. The van der Waals surface area contributed by atoms with Crippen LogP contribution in [0.2, 0.25) is 0 Å². The predicted molar refractivity (Wildman–Crippen MR) is 61.2 cm³/mol. The van der Waals surface area contributed by atoms with Gasteiger partial charge in [0.15, 0.2) is 11.6 Å². The molecule has 1 rings (SSSR count). The first-order valence-electron chi connectivity index (χ1n) is 5.10. The maximum Gasteiger partial charge on any atom is 0.168 e. The zero-order valence-electron chi connectivity index (χ0n) is 9.09. The molecule has 0 spiro atoms. The third-order valence-electron chi connectivity index (χ3n) is 2.31. The van der Waals surface area contributed by atoms with Gasteiger partial charge >= 0.3 is 0 Å². The molecule has 0 amide bonds. The SMILES string of the molecule is COc1cccc(CCCC(C)Cl)c1F. The van der Waals surface area contributed by atoms with Crippen molar-refractivity contribution in [3.05, 3.63) is 29.6 Å². The first-order valence-corrected chi connectivity index (χ1v) is 5.54. The summed E-state index contributed by atoms with van der Waals surface area (Å²) in [4.78, 5) is 0. The summed E-state index contributed by atoms with van der Waals surface area (Å²) in [5.74, 6) is 0.0636. The van der Waals surface area contributed by atoms with Gasteiger partial charge in [-0.25, -0.2) is 4.39 Å². The molecule has 0 aliphatic carbocycles. The summed E-state index contributed by atoms with van der Waals surface area (Å²) in [6.45, 7) is 1.95. The molecule has 1 aromatic rings. The van der Waals surface area contributed by atoms with E-state index >= 15 is 0 Å². The number of benzene rings is 1. The third-order valence-corrected chi connectivity index (χ3v) is 2.53. The van der Waals surface area contributed by atoms with E-state index in [0.717, 1.165) is 12.8 Å². The number of methoxy groups -OCH3 is 1. The molecule has 0 aliphatic rings. The molecule has 1 aromatic carbocycles. The van der Waals surface area contributed by atoms with Crippen molar-refractivity contribution in [3.8, 4) is 5.75 Å². The molecule has 0 aliphatic heterocycles. The average Bonchev–Trinajstić information content (AvgIpc) is 2.20. The lowest BCUT2D eigenvalue weighted by atomic mass is 10.1. The molecule has 0 N–H and O–H groups in total. The number of hydrogen-bond donors (Lipinski definition) is 0. The second-order valence-electron chi connectivity index (χ2n) is 3.61. The van der Waals surface area contributed by atoms with Crippen molar-refractivity contribution in [3.63, 3.8) is 0 Å². The molecule has 0 heterocycles. The van der Waals surface area contributed by atoms with Crippen LogP contribution in [0.15, 0.2) is 18.2 Å². The first kappa shape index (κ1) is 12.3. The molecule has 0 saturated carbocycles. The van der Waals surface area contributed by atoms with Gasteiger partial charge in [0, 0.05) is 5.38 Å². The minimum absolute atomic E-state index is 0.152. The van der Waals surface area contributed by atoms with Gasteiger partial charge in [-0.3, -0.25) is 0 Å². The van der Waals surface area contributed by atoms with Crippen molar-refractivity contribution in [1.82, 2.24) is 0 Å². The van der Waals surface area contributed by atoms with Gasteiger partial charge in [-0.15, -0.1) is 11.6 Å². The molecule has 1 nitrogen and oxygen atoms in total. The van der Waals surface area contributed by atoms with Crippen molar-refractivity contribution in [2.45, 2.75) is 31.6 Å². The monoisotopic (exact) mass is 230 g/mol. The van der Waals surface area contributed by atoms with Crippen LogP contribution in [0.1, 0.15) is 25.3 Å². The van der Waals surface area contributed by atoms with E-state index in [2.05, 4.69) is 0 Å². The zero-order valence-corrected chi connectivity index (χ0v) is 9.85. The normalized spacial score (nSPS) is 12.5. The van der Waals surface area contributed by atoms with Gasteiger partial charge in [0.2, 0.25) is 0 Å². The lowest BCUT2D eigenvalue weighted by Crippen LogP contribution is -1.97. The second kappa shape index (κ2) is 5.96. The third kappa shape index (κ3) is 3.71. The van der Waals surface area contributed by atoms with Crippen LogP contribution in [0.25, 0.3) is 0 Å². The molecule has 0 aromatic heterocycles. The van der Waals surface area contributed by atoms with Crippen molar-refractivity contribution in [1.29, 1.82) is 0 Å². The summed E-state index contributed by atoms with van der Waals surface area (Å²) in [5.41, 5.74) is 0.701. The van der Waals surface area contributed by atoms with Crippen LogP contribution >= 0.6 is 11.6 Å². The van der Waals surface area contributed by atoms with Crippen LogP contribution in [-0.2, 0) is 6.42 Å². The molecule has 3 heteroatoms. The molecule has 0 fully saturated rings. The zero-order chi connectivity index (χ0) is 11.3. The molecule has 84 valence electrons. The standard InChI is InChI=1S/C12H16ClFO/c1-9(13)5-3-6-10-7-4-8-11(15-2)12(10)14/h4,7-9H,3,5-6H2,1-2H3. The number of ether oxygens (including phenoxy) is 1. The van der Waals surface area contributed by atoms with Gasteiger partial charge in [-0.2, -0.15) is 0 Å². The lowest BCUT2D eigenvalue weighted by Gasteiger charge is -2.07. The average molecular weight is 231 g/mol.